The number of aromatic nitrogens is 1. The Morgan fingerprint density at radius 1 is 1.39 bits per heavy atom. The van der Waals surface area contributed by atoms with E-state index in [0.29, 0.717) is 6.04 Å². The van der Waals surface area contributed by atoms with Crippen molar-refractivity contribution in [1.29, 1.82) is 0 Å². The summed E-state index contributed by atoms with van der Waals surface area (Å²) in [6, 6.07) is 0.505. The molecule has 2 nitrogen and oxygen atoms in total. The van der Waals surface area contributed by atoms with E-state index in [-0.39, 0.29) is 11.0 Å². The minimum absolute atomic E-state index is 0.118. The van der Waals surface area contributed by atoms with Gasteiger partial charge >= 0.3 is 0 Å². The molecule has 0 amide bonds. The first-order valence-electron chi connectivity index (χ1n) is 6.65. The van der Waals surface area contributed by atoms with E-state index in [1.807, 2.05) is 23.1 Å². The van der Waals surface area contributed by atoms with Gasteiger partial charge in [-0.25, -0.2) is 4.98 Å². The van der Waals surface area contributed by atoms with Crippen molar-refractivity contribution in [2.45, 2.75) is 58.0 Å². The number of rotatable bonds is 3. The molecule has 1 aliphatic heterocycles. The van der Waals surface area contributed by atoms with Gasteiger partial charge in [-0.05, 0) is 26.0 Å². The molecule has 1 fully saturated rings. The lowest BCUT2D eigenvalue weighted by atomic mass is 9.93. The second kappa shape index (κ2) is 5.14. The zero-order valence-electron chi connectivity index (χ0n) is 12.0. The summed E-state index contributed by atoms with van der Waals surface area (Å²) < 4.78 is 0. The van der Waals surface area contributed by atoms with Crippen LogP contribution in [-0.4, -0.2) is 22.5 Å². The Labute approximate surface area is 119 Å². The molecule has 1 unspecified atom stereocenters. The molecule has 0 bridgehead atoms. The van der Waals surface area contributed by atoms with Crippen molar-refractivity contribution in [3.63, 3.8) is 0 Å². The van der Waals surface area contributed by atoms with Crippen LogP contribution in [-0.2, 0) is 11.0 Å². The molecule has 0 spiro atoms. The summed E-state index contributed by atoms with van der Waals surface area (Å²) >= 11 is 3.87. The van der Waals surface area contributed by atoms with Crippen molar-refractivity contribution >= 4 is 23.1 Å². The van der Waals surface area contributed by atoms with E-state index in [4.69, 9.17) is 4.98 Å². The molecule has 1 saturated heterocycles. The van der Waals surface area contributed by atoms with Crippen LogP contribution in [0.15, 0.2) is 5.38 Å². The highest BCUT2D eigenvalue weighted by atomic mass is 32.2. The summed E-state index contributed by atoms with van der Waals surface area (Å²) in [4.78, 5) is 4.93. The SMILES string of the molecule is CC(C)NC1(c2nc(C(C)(C)C)cs2)CCSC1. The fraction of sp³-hybridized carbons (Fsp3) is 0.786. The molecule has 0 saturated carbocycles. The van der Waals surface area contributed by atoms with Crippen molar-refractivity contribution in [2.24, 2.45) is 0 Å². The summed E-state index contributed by atoms with van der Waals surface area (Å²) in [5, 5.41) is 7.28. The van der Waals surface area contributed by atoms with Crippen LogP contribution in [0.4, 0.5) is 0 Å². The zero-order valence-corrected chi connectivity index (χ0v) is 13.7. The predicted molar refractivity (Wildman–Crippen MR) is 82.7 cm³/mol. The smallest absolute Gasteiger partial charge is 0.114 e. The molecule has 1 aliphatic rings. The maximum atomic E-state index is 4.93. The Hall–Kier alpha value is -0.0600. The Balaban J connectivity index is 2.29. The van der Waals surface area contributed by atoms with E-state index < -0.39 is 0 Å². The molecule has 1 aromatic rings. The lowest BCUT2D eigenvalue weighted by molar-refractivity contribution is 0.340. The van der Waals surface area contributed by atoms with Crippen LogP contribution in [0.5, 0.6) is 0 Å². The maximum absolute atomic E-state index is 4.93. The predicted octanol–water partition coefficient (Wildman–Crippen LogP) is 3.77. The highest BCUT2D eigenvalue weighted by Gasteiger charge is 2.39. The first-order valence-corrected chi connectivity index (χ1v) is 8.69. The molecule has 1 aromatic heterocycles. The molecular formula is C14H24N2S2. The summed E-state index contributed by atoms with van der Waals surface area (Å²) in [6.45, 7) is 11.2. The van der Waals surface area contributed by atoms with Crippen LogP contribution in [0.25, 0.3) is 0 Å². The van der Waals surface area contributed by atoms with Gasteiger partial charge in [0.25, 0.3) is 0 Å². The molecule has 102 valence electrons. The third-order valence-electron chi connectivity index (χ3n) is 3.27. The van der Waals surface area contributed by atoms with Gasteiger partial charge in [0.15, 0.2) is 0 Å². The Morgan fingerprint density at radius 2 is 2.11 bits per heavy atom. The molecule has 18 heavy (non-hydrogen) atoms. The molecule has 0 aliphatic carbocycles. The largest absolute Gasteiger partial charge is 0.302 e. The van der Waals surface area contributed by atoms with E-state index in [2.05, 4.69) is 45.3 Å². The second-order valence-corrected chi connectivity index (χ2v) is 8.43. The van der Waals surface area contributed by atoms with E-state index in [1.165, 1.54) is 22.9 Å². The fourth-order valence-electron chi connectivity index (χ4n) is 2.30. The average molecular weight is 284 g/mol. The van der Waals surface area contributed by atoms with Gasteiger partial charge in [-0.1, -0.05) is 20.8 Å². The number of thiazole rings is 1. The quantitative estimate of drug-likeness (QED) is 0.914. The standard InChI is InChI=1S/C14H24N2S2/c1-10(2)16-14(6-7-17-9-14)12-15-11(8-18-12)13(3,4)5/h8,10,16H,6-7,9H2,1-5H3. The van der Waals surface area contributed by atoms with Crippen molar-refractivity contribution in [1.82, 2.24) is 10.3 Å². The topological polar surface area (TPSA) is 24.9 Å². The average Bonchev–Trinajstić information content (AvgIpc) is 2.82. The van der Waals surface area contributed by atoms with Gasteiger partial charge in [0.05, 0.1) is 11.2 Å². The third-order valence-corrected chi connectivity index (χ3v) is 5.50. The van der Waals surface area contributed by atoms with Crippen molar-refractivity contribution in [3.05, 3.63) is 16.1 Å². The van der Waals surface area contributed by atoms with Gasteiger partial charge in [0.1, 0.15) is 5.01 Å². The number of thioether (sulfide) groups is 1. The molecule has 0 radical (unpaired) electrons. The van der Waals surface area contributed by atoms with Crippen LogP contribution < -0.4 is 5.32 Å². The van der Waals surface area contributed by atoms with Crippen molar-refractivity contribution in [2.75, 3.05) is 11.5 Å². The number of hydrogen-bond acceptors (Lipinski definition) is 4. The molecule has 1 N–H and O–H groups in total. The van der Waals surface area contributed by atoms with Crippen LogP contribution in [0.2, 0.25) is 0 Å². The van der Waals surface area contributed by atoms with Crippen LogP contribution >= 0.6 is 23.1 Å². The van der Waals surface area contributed by atoms with E-state index in [0.717, 1.165) is 5.75 Å². The van der Waals surface area contributed by atoms with Gasteiger partial charge < -0.3 is 5.32 Å². The molecular weight excluding hydrogens is 260 g/mol. The molecule has 2 rings (SSSR count). The lowest BCUT2D eigenvalue weighted by Crippen LogP contribution is -2.46. The van der Waals surface area contributed by atoms with Crippen LogP contribution in [0.1, 0.15) is 51.7 Å². The van der Waals surface area contributed by atoms with Crippen molar-refractivity contribution in [3.8, 4) is 0 Å². The normalized spacial score (nSPS) is 25.0. The van der Waals surface area contributed by atoms with Gasteiger partial charge in [-0.15, -0.1) is 11.3 Å². The number of nitrogens with zero attached hydrogens (tertiary/aromatic N) is 1. The van der Waals surface area contributed by atoms with E-state index >= 15 is 0 Å². The molecule has 0 aromatic carbocycles. The highest BCUT2D eigenvalue weighted by Crippen LogP contribution is 2.39. The van der Waals surface area contributed by atoms with Gasteiger partial charge in [0, 0.05) is 22.6 Å². The van der Waals surface area contributed by atoms with Gasteiger partial charge in [0.2, 0.25) is 0 Å². The molecule has 2 heterocycles. The highest BCUT2D eigenvalue weighted by molar-refractivity contribution is 7.99. The second-order valence-electron chi connectivity index (χ2n) is 6.47. The summed E-state index contributed by atoms with van der Waals surface area (Å²) in [6.07, 6.45) is 1.20. The zero-order chi connectivity index (χ0) is 13.4. The Kier molecular flexibility index (Phi) is 4.10. The maximum Gasteiger partial charge on any atom is 0.114 e. The number of nitrogens with one attached hydrogen (secondary N) is 1. The van der Waals surface area contributed by atoms with Gasteiger partial charge in [-0.3, -0.25) is 0 Å². The lowest BCUT2D eigenvalue weighted by Gasteiger charge is -2.30. The van der Waals surface area contributed by atoms with Crippen molar-refractivity contribution < 1.29 is 0 Å². The monoisotopic (exact) mass is 284 g/mol. The van der Waals surface area contributed by atoms with E-state index in [1.54, 1.807) is 0 Å². The molecule has 1 atom stereocenters. The third kappa shape index (κ3) is 2.91. The summed E-state index contributed by atoms with van der Waals surface area (Å²) in [5.74, 6) is 2.40. The molecule has 4 heteroatoms. The first kappa shape index (κ1) is 14.4. The number of hydrogen-bond donors (Lipinski definition) is 1. The van der Waals surface area contributed by atoms with Crippen LogP contribution in [0, 0.1) is 0 Å². The summed E-state index contributed by atoms with van der Waals surface area (Å²) in [7, 11) is 0. The van der Waals surface area contributed by atoms with Gasteiger partial charge in [-0.2, -0.15) is 11.8 Å². The fourth-order valence-corrected chi connectivity index (χ4v) is 4.98. The van der Waals surface area contributed by atoms with E-state index in [9.17, 15) is 0 Å². The minimum atomic E-state index is 0.118. The minimum Gasteiger partial charge on any atom is -0.302 e. The van der Waals surface area contributed by atoms with Crippen LogP contribution in [0.3, 0.4) is 0 Å². The summed E-state index contributed by atoms with van der Waals surface area (Å²) in [5.41, 5.74) is 1.50. The Morgan fingerprint density at radius 3 is 2.56 bits per heavy atom. The Bertz CT molecular complexity index is 398. The first-order chi connectivity index (χ1) is 8.33.